The predicted molar refractivity (Wildman–Crippen MR) is 66.7 cm³/mol. The molecule has 1 aromatic carbocycles. The maximum atomic E-state index is 11.9. The van der Waals surface area contributed by atoms with Crippen molar-refractivity contribution in [2.24, 2.45) is 0 Å². The van der Waals surface area contributed by atoms with Crippen molar-refractivity contribution >= 4 is 5.91 Å². The Labute approximate surface area is 110 Å². The Hall–Kier alpha value is -1.56. The number of benzene rings is 1. The summed E-state index contributed by atoms with van der Waals surface area (Å²) in [5.41, 5.74) is 2.10. The largest absolute Gasteiger partial charge is 0.405 e. The number of rotatable bonds is 5. The molecule has 19 heavy (non-hydrogen) atoms. The van der Waals surface area contributed by atoms with E-state index in [2.05, 4.69) is 5.32 Å². The van der Waals surface area contributed by atoms with Crippen LogP contribution in [0.1, 0.15) is 24.1 Å². The predicted octanol–water partition coefficient (Wildman–Crippen LogP) is 2.32. The second kappa shape index (κ2) is 6.56. The molecule has 0 aromatic heterocycles. The molecule has 0 bridgehead atoms. The summed E-state index contributed by atoms with van der Waals surface area (Å²) in [4.78, 5) is 11.2. The first-order chi connectivity index (χ1) is 8.78. The molecule has 0 spiro atoms. The molecule has 0 aliphatic carbocycles. The van der Waals surface area contributed by atoms with Crippen molar-refractivity contribution in [2.75, 3.05) is 13.1 Å². The van der Waals surface area contributed by atoms with Crippen LogP contribution in [0.5, 0.6) is 0 Å². The van der Waals surface area contributed by atoms with Gasteiger partial charge in [-0.25, -0.2) is 0 Å². The molecular weight excluding hydrogens is 257 g/mol. The highest BCUT2D eigenvalue weighted by Gasteiger charge is 2.27. The Kier molecular flexibility index (Phi) is 5.35. The van der Waals surface area contributed by atoms with E-state index >= 15 is 0 Å². The summed E-state index contributed by atoms with van der Waals surface area (Å²) in [7, 11) is 0. The minimum Gasteiger partial charge on any atom is -0.346 e. The average Bonchev–Trinajstić information content (AvgIpc) is 2.33. The van der Waals surface area contributed by atoms with Gasteiger partial charge in [0.25, 0.3) is 0 Å². The van der Waals surface area contributed by atoms with Crippen LogP contribution < -0.4 is 10.6 Å². The Balaban J connectivity index is 2.35. The number of halogens is 3. The molecule has 0 saturated heterocycles. The average molecular weight is 274 g/mol. The Morgan fingerprint density at radius 2 is 1.84 bits per heavy atom. The number of amides is 1. The van der Waals surface area contributed by atoms with Gasteiger partial charge in [-0.2, -0.15) is 13.2 Å². The van der Waals surface area contributed by atoms with Crippen molar-refractivity contribution in [3.63, 3.8) is 0 Å². The van der Waals surface area contributed by atoms with Gasteiger partial charge in [0, 0.05) is 6.04 Å². The number of carbonyl (C=O) groups is 1. The van der Waals surface area contributed by atoms with E-state index in [0.717, 1.165) is 11.1 Å². The number of aryl methyl sites for hydroxylation is 1. The standard InChI is InChI=1S/C13H17F3N2O/c1-9-3-5-11(6-4-9)10(2)17-7-12(19)18-8-13(14,15)16/h3-6,10,17H,7-8H2,1-2H3,(H,18,19). The van der Waals surface area contributed by atoms with Gasteiger partial charge in [-0.05, 0) is 19.4 Å². The molecule has 2 N–H and O–H groups in total. The summed E-state index contributed by atoms with van der Waals surface area (Å²) >= 11 is 0. The van der Waals surface area contributed by atoms with E-state index in [1.165, 1.54) is 0 Å². The Morgan fingerprint density at radius 1 is 1.26 bits per heavy atom. The summed E-state index contributed by atoms with van der Waals surface area (Å²) in [5, 5.41) is 4.69. The van der Waals surface area contributed by atoms with Crippen molar-refractivity contribution in [1.82, 2.24) is 10.6 Å². The maximum absolute atomic E-state index is 11.9. The van der Waals surface area contributed by atoms with Gasteiger partial charge in [0.1, 0.15) is 6.54 Å². The summed E-state index contributed by atoms with van der Waals surface area (Å²) in [5.74, 6) is -0.670. The highest BCUT2D eigenvalue weighted by Crippen LogP contribution is 2.13. The van der Waals surface area contributed by atoms with Crippen molar-refractivity contribution < 1.29 is 18.0 Å². The van der Waals surface area contributed by atoms with Crippen molar-refractivity contribution in [1.29, 1.82) is 0 Å². The summed E-state index contributed by atoms with van der Waals surface area (Å²) in [6.45, 7) is 2.37. The van der Waals surface area contributed by atoms with Gasteiger partial charge >= 0.3 is 6.18 Å². The lowest BCUT2D eigenvalue weighted by Gasteiger charge is -2.15. The molecule has 1 amide bonds. The fourth-order valence-corrected chi connectivity index (χ4v) is 1.48. The first kappa shape index (κ1) is 15.5. The molecule has 6 heteroatoms. The molecule has 1 atom stereocenters. The van der Waals surface area contributed by atoms with Crippen LogP contribution in [0.3, 0.4) is 0 Å². The van der Waals surface area contributed by atoms with Crippen molar-refractivity contribution in [3.05, 3.63) is 35.4 Å². The molecule has 0 saturated carbocycles. The summed E-state index contributed by atoms with van der Waals surface area (Å²) in [6.07, 6.45) is -4.38. The van der Waals surface area contributed by atoms with E-state index in [4.69, 9.17) is 0 Å². The molecule has 106 valence electrons. The zero-order valence-electron chi connectivity index (χ0n) is 10.8. The molecule has 1 unspecified atom stereocenters. The lowest BCUT2D eigenvalue weighted by molar-refractivity contribution is -0.137. The van der Waals surface area contributed by atoms with Crippen LogP contribution in [0.4, 0.5) is 13.2 Å². The molecule has 1 rings (SSSR count). The molecule has 0 radical (unpaired) electrons. The SMILES string of the molecule is Cc1ccc(C(C)NCC(=O)NCC(F)(F)F)cc1. The summed E-state index contributed by atoms with van der Waals surface area (Å²) < 4.78 is 35.6. The lowest BCUT2D eigenvalue weighted by Crippen LogP contribution is -2.39. The minimum atomic E-state index is -4.38. The molecule has 1 aromatic rings. The minimum absolute atomic E-state index is 0.0998. The highest BCUT2D eigenvalue weighted by atomic mass is 19.4. The number of hydrogen-bond donors (Lipinski definition) is 2. The molecule has 0 aliphatic heterocycles. The highest BCUT2D eigenvalue weighted by molar-refractivity contribution is 5.78. The Morgan fingerprint density at radius 3 is 2.37 bits per heavy atom. The Bertz CT molecular complexity index is 415. The number of hydrogen-bond acceptors (Lipinski definition) is 2. The number of alkyl halides is 3. The third-order valence-electron chi connectivity index (χ3n) is 2.63. The maximum Gasteiger partial charge on any atom is 0.405 e. The first-order valence-corrected chi connectivity index (χ1v) is 5.91. The van der Waals surface area contributed by atoms with Crippen LogP contribution in [0.15, 0.2) is 24.3 Å². The van der Waals surface area contributed by atoms with E-state index in [1.54, 1.807) is 0 Å². The quantitative estimate of drug-likeness (QED) is 0.865. The van der Waals surface area contributed by atoms with E-state index in [1.807, 2.05) is 43.4 Å². The number of carbonyl (C=O) groups excluding carboxylic acids is 1. The second-order valence-corrected chi connectivity index (χ2v) is 4.41. The topological polar surface area (TPSA) is 41.1 Å². The third-order valence-corrected chi connectivity index (χ3v) is 2.63. The van der Waals surface area contributed by atoms with Gasteiger partial charge in [0.15, 0.2) is 0 Å². The zero-order chi connectivity index (χ0) is 14.5. The van der Waals surface area contributed by atoms with Gasteiger partial charge in [-0.3, -0.25) is 4.79 Å². The third kappa shape index (κ3) is 6.24. The van der Waals surface area contributed by atoms with Crippen LogP contribution in [-0.2, 0) is 4.79 Å². The second-order valence-electron chi connectivity index (χ2n) is 4.41. The van der Waals surface area contributed by atoms with E-state index < -0.39 is 18.6 Å². The van der Waals surface area contributed by atoms with Crippen LogP contribution in [0.2, 0.25) is 0 Å². The first-order valence-electron chi connectivity index (χ1n) is 5.91. The van der Waals surface area contributed by atoms with Gasteiger partial charge in [0.2, 0.25) is 5.91 Å². The van der Waals surface area contributed by atoms with Crippen LogP contribution in [0.25, 0.3) is 0 Å². The van der Waals surface area contributed by atoms with Gasteiger partial charge in [-0.1, -0.05) is 29.8 Å². The monoisotopic (exact) mass is 274 g/mol. The van der Waals surface area contributed by atoms with E-state index in [-0.39, 0.29) is 12.6 Å². The smallest absolute Gasteiger partial charge is 0.346 e. The molecule has 3 nitrogen and oxygen atoms in total. The molecular formula is C13H17F3N2O. The van der Waals surface area contributed by atoms with E-state index in [0.29, 0.717) is 0 Å². The van der Waals surface area contributed by atoms with Gasteiger partial charge < -0.3 is 10.6 Å². The lowest BCUT2D eigenvalue weighted by atomic mass is 10.1. The zero-order valence-corrected chi connectivity index (χ0v) is 10.8. The fourth-order valence-electron chi connectivity index (χ4n) is 1.48. The fraction of sp³-hybridized carbons (Fsp3) is 0.462. The van der Waals surface area contributed by atoms with Gasteiger partial charge in [0.05, 0.1) is 6.54 Å². The molecule has 0 aliphatic rings. The molecule has 0 heterocycles. The van der Waals surface area contributed by atoms with Crippen LogP contribution in [-0.4, -0.2) is 25.2 Å². The van der Waals surface area contributed by atoms with Crippen LogP contribution >= 0.6 is 0 Å². The normalized spacial score (nSPS) is 13.1. The molecule has 0 fully saturated rings. The number of nitrogens with one attached hydrogen (secondary N) is 2. The summed E-state index contributed by atoms with van der Waals surface area (Å²) in [6, 6.07) is 7.62. The van der Waals surface area contributed by atoms with Crippen molar-refractivity contribution in [3.8, 4) is 0 Å². The van der Waals surface area contributed by atoms with Crippen LogP contribution in [0, 0.1) is 6.92 Å². The van der Waals surface area contributed by atoms with Gasteiger partial charge in [-0.15, -0.1) is 0 Å². The van der Waals surface area contributed by atoms with E-state index in [9.17, 15) is 18.0 Å². The van der Waals surface area contributed by atoms with Crippen molar-refractivity contribution in [2.45, 2.75) is 26.1 Å².